The third-order valence-electron chi connectivity index (χ3n) is 3.52. The summed E-state index contributed by atoms with van der Waals surface area (Å²) in [6, 6.07) is 6.55. The van der Waals surface area contributed by atoms with E-state index in [0.717, 1.165) is 12.7 Å². The number of carboxylic acid groups (broad SMARTS) is 1. The molecule has 0 saturated heterocycles. The molecular formula is C20H32O3. The van der Waals surface area contributed by atoms with E-state index in [4.69, 9.17) is 10.2 Å². The summed E-state index contributed by atoms with van der Waals surface area (Å²) in [5.74, 6) is -0.745. The van der Waals surface area contributed by atoms with Crippen molar-refractivity contribution < 1.29 is 15.0 Å². The Hall–Kier alpha value is -1.77. The molecule has 23 heavy (non-hydrogen) atoms. The van der Waals surface area contributed by atoms with Crippen LogP contribution in [0.15, 0.2) is 30.5 Å². The van der Waals surface area contributed by atoms with Gasteiger partial charge in [-0.15, -0.1) is 0 Å². The van der Waals surface area contributed by atoms with Gasteiger partial charge in [-0.25, -0.2) is 0 Å². The first-order valence-electron chi connectivity index (χ1n) is 8.09. The second kappa shape index (κ2) is 8.76. The van der Waals surface area contributed by atoms with Crippen LogP contribution in [0.4, 0.5) is 0 Å². The van der Waals surface area contributed by atoms with E-state index in [1.165, 1.54) is 16.7 Å². The van der Waals surface area contributed by atoms with E-state index >= 15 is 0 Å². The van der Waals surface area contributed by atoms with Crippen LogP contribution in [0.3, 0.4) is 0 Å². The quantitative estimate of drug-likeness (QED) is 0.735. The zero-order chi connectivity index (χ0) is 18.3. The lowest BCUT2D eigenvalue weighted by Gasteiger charge is -2.29. The summed E-state index contributed by atoms with van der Waals surface area (Å²) < 4.78 is 0. The van der Waals surface area contributed by atoms with Crippen molar-refractivity contribution in [3.05, 3.63) is 47.2 Å². The molecule has 3 heteroatoms. The molecule has 0 atom stereocenters. The van der Waals surface area contributed by atoms with Crippen LogP contribution in [0.1, 0.15) is 71.6 Å². The van der Waals surface area contributed by atoms with E-state index in [1.54, 1.807) is 6.92 Å². The maximum absolute atomic E-state index is 9.37. The molecule has 0 aromatic heterocycles. The van der Waals surface area contributed by atoms with Gasteiger partial charge in [0.25, 0.3) is 0 Å². The lowest BCUT2D eigenvalue weighted by molar-refractivity contribution is -0.136. The highest BCUT2D eigenvalue weighted by Gasteiger charge is 2.24. The van der Waals surface area contributed by atoms with Crippen molar-refractivity contribution in [3.8, 4) is 0 Å². The summed E-state index contributed by atoms with van der Waals surface area (Å²) in [6.45, 7) is 15.0. The molecule has 0 fully saturated rings. The zero-order valence-corrected chi connectivity index (χ0v) is 15.6. The van der Waals surface area contributed by atoms with Crippen LogP contribution in [0.5, 0.6) is 0 Å². The van der Waals surface area contributed by atoms with E-state index in [1.807, 2.05) is 6.08 Å². The smallest absolute Gasteiger partial charge is 0.303 e. The molecule has 0 heterocycles. The Bertz CT molecular complexity index is 497. The summed E-state index contributed by atoms with van der Waals surface area (Å²) in [5, 5.41) is 16.7. The van der Waals surface area contributed by atoms with Crippen molar-refractivity contribution in [2.24, 2.45) is 0 Å². The number of hydrogen-bond acceptors (Lipinski definition) is 2. The number of hydrogen-bond donors (Lipinski definition) is 2. The van der Waals surface area contributed by atoms with Crippen LogP contribution in [0, 0.1) is 0 Å². The lowest BCUT2D eigenvalue weighted by atomic mass is 9.75. The SMILES string of the molecule is CC(C)(C)c1cccc(C(C)(C)C)c1CC=CO.CCC(=O)O. The normalized spacial score (nSPS) is 12.0. The molecule has 0 radical (unpaired) electrons. The third kappa shape index (κ3) is 7.36. The van der Waals surface area contributed by atoms with Crippen LogP contribution in [0.2, 0.25) is 0 Å². The molecule has 1 aromatic rings. The number of allylic oxidation sites excluding steroid dienone is 1. The van der Waals surface area contributed by atoms with Gasteiger partial charge in [0.1, 0.15) is 0 Å². The molecule has 0 aliphatic heterocycles. The Morgan fingerprint density at radius 3 is 1.70 bits per heavy atom. The first-order valence-corrected chi connectivity index (χ1v) is 8.09. The average Bonchev–Trinajstić information content (AvgIpc) is 2.43. The number of rotatable bonds is 3. The largest absolute Gasteiger partial charge is 0.516 e. The van der Waals surface area contributed by atoms with Crippen LogP contribution >= 0.6 is 0 Å². The molecule has 1 rings (SSSR count). The maximum atomic E-state index is 9.37. The monoisotopic (exact) mass is 320 g/mol. The standard InChI is InChI=1S/C17H26O.C3H6O2/c1-16(2,3)14-10-7-11-15(17(4,5)6)13(14)9-8-12-18;1-2-3(4)5/h7-8,10-12,18H,9H2,1-6H3;2H2,1H3,(H,4,5). The third-order valence-corrected chi connectivity index (χ3v) is 3.52. The van der Waals surface area contributed by atoms with E-state index in [9.17, 15) is 4.79 Å². The van der Waals surface area contributed by atoms with Gasteiger partial charge in [-0.05, 0) is 40.0 Å². The minimum Gasteiger partial charge on any atom is -0.516 e. The van der Waals surface area contributed by atoms with Gasteiger partial charge in [0.2, 0.25) is 0 Å². The van der Waals surface area contributed by atoms with Crippen molar-refractivity contribution in [3.63, 3.8) is 0 Å². The van der Waals surface area contributed by atoms with Gasteiger partial charge in [0, 0.05) is 6.42 Å². The highest BCUT2D eigenvalue weighted by atomic mass is 16.4. The Labute approximate surface area is 141 Å². The fourth-order valence-corrected chi connectivity index (χ4v) is 2.38. The van der Waals surface area contributed by atoms with E-state index in [2.05, 4.69) is 59.7 Å². The first kappa shape index (κ1) is 21.2. The van der Waals surface area contributed by atoms with Crippen LogP contribution in [-0.2, 0) is 22.0 Å². The summed E-state index contributed by atoms with van der Waals surface area (Å²) in [6.07, 6.45) is 3.97. The second-order valence-electron chi connectivity index (χ2n) is 7.67. The van der Waals surface area contributed by atoms with Gasteiger partial charge in [-0.2, -0.15) is 0 Å². The van der Waals surface area contributed by atoms with Gasteiger partial charge in [-0.1, -0.05) is 66.7 Å². The molecular weight excluding hydrogens is 288 g/mol. The fraction of sp³-hybridized carbons (Fsp3) is 0.550. The van der Waals surface area contributed by atoms with Crippen LogP contribution in [0.25, 0.3) is 0 Å². The average molecular weight is 320 g/mol. The Morgan fingerprint density at radius 2 is 1.43 bits per heavy atom. The van der Waals surface area contributed by atoms with E-state index in [0.29, 0.717) is 0 Å². The highest BCUT2D eigenvalue weighted by molar-refractivity contribution is 5.66. The predicted molar refractivity (Wildman–Crippen MR) is 97.2 cm³/mol. The van der Waals surface area contributed by atoms with Crippen molar-refractivity contribution in [2.45, 2.75) is 72.1 Å². The van der Waals surface area contributed by atoms with E-state index in [-0.39, 0.29) is 17.3 Å². The summed E-state index contributed by atoms with van der Waals surface area (Å²) in [4.78, 5) is 9.37. The van der Waals surface area contributed by atoms with E-state index < -0.39 is 5.97 Å². The minimum absolute atomic E-state index is 0.125. The zero-order valence-electron chi connectivity index (χ0n) is 15.6. The number of carboxylic acids is 1. The molecule has 0 unspecified atom stereocenters. The van der Waals surface area contributed by atoms with Crippen molar-refractivity contribution in [2.75, 3.05) is 0 Å². The molecule has 130 valence electrons. The summed E-state index contributed by atoms with van der Waals surface area (Å²) >= 11 is 0. The second-order valence-corrected chi connectivity index (χ2v) is 7.67. The first-order chi connectivity index (χ1) is 10.4. The van der Waals surface area contributed by atoms with Crippen molar-refractivity contribution >= 4 is 5.97 Å². The molecule has 0 spiro atoms. The molecule has 1 aromatic carbocycles. The minimum atomic E-state index is -0.745. The highest BCUT2D eigenvalue weighted by Crippen LogP contribution is 2.34. The topological polar surface area (TPSA) is 57.5 Å². The van der Waals surface area contributed by atoms with Crippen LogP contribution < -0.4 is 0 Å². The van der Waals surface area contributed by atoms with Gasteiger partial charge in [0.05, 0.1) is 6.26 Å². The molecule has 0 bridgehead atoms. The maximum Gasteiger partial charge on any atom is 0.303 e. The van der Waals surface area contributed by atoms with Gasteiger partial charge in [-0.3, -0.25) is 4.79 Å². The molecule has 0 aliphatic carbocycles. The molecule has 0 saturated carbocycles. The number of benzene rings is 1. The fourth-order valence-electron chi connectivity index (χ4n) is 2.38. The predicted octanol–water partition coefficient (Wildman–Crippen LogP) is 5.38. The molecule has 3 nitrogen and oxygen atoms in total. The summed E-state index contributed by atoms with van der Waals surface area (Å²) in [5.41, 5.74) is 4.34. The number of carbonyl (C=O) groups is 1. The summed E-state index contributed by atoms with van der Waals surface area (Å²) in [7, 11) is 0. The molecule has 0 aliphatic rings. The number of aliphatic hydroxyl groups excluding tert-OH is 1. The van der Waals surface area contributed by atoms with Gasteiger partial charge < -0.3 is 10.2 Å². The van der Waals surface area contributed by atoms with Crippen LogP contribution in [-0.4, -0.2) is 16.2 Å². The lowest BCUT2D eigenvalue weighted by Crippen LogP contribution is -2.20. The Balaban J connectivity index is 0.000000841. The number of aliphatic hydroxyl groups is 1. The molecule has 0 amide bonds. The molecule has 2 N–H and O–H groups in total. The Morgan fingerprint density at radius 1 is 1.04 bits per heavy atom. The van der Waals surface area contributed by atoms with Gasteiger partial charge in [0.15, 0.2) is 0 Å². The van der Waals surface area contributed by atoms with Gasteiger partial charge >= 0.3 is 5.97 Å². The number of aliphatic carboxylic acids is 1. The van der Waals surface area contributed by atoms with Crippen molar-refractivity contribution in [1.82, 2.24) is 0 Å². The Kier molecular flexibility index (Phi) is 8.08. The van der Waals surface area contributed by atoms with Crippen molar-refractivity contribution in [1.29, 1.82) is 0 Å².